The minimum atomic E-state index is -0.849. The Morgan fingerprint density at radius 2 is 2.41 bits per heavy atom. The van der Waals surface area contributed by atoms with Gasteiger partial charge in [-0.2, -0.15) is 0 Å². The number of hydrogen-bond acceptors (Lipinski definition) is 5. The van der Waals surface area contributed by atoms with Crippen LogP contribution < -0.4 is 0 Å². The number of carbonyl (C=O) groups is 1. The minimum Gasteiger partial charge on any atom is -0.481 e. The highest BCUT2D eigenvalue weighted by atomic mass is 32.2. The summed E-state index contributed by atoms with van der Waals surface area (Å²) in [6.07, 6.45) is 1.04. The molecule has 2 rings (SSSR count). The van der Waals surface area contributed by atoms with Gasteiger partial charge in [0.1, 0.15) is 5.82 Å². The van der Waals surface area contributed by atoms with Crippen molar-refractivity contribution in [1.29, 1.82) is 0 Å². The van der Waals surface area contributed by atoms with E-state index < -0.39 is 5.97 Å². The summed E-state index contributed by atoms with van der Waals surface area (Å²) in [4.78, 5) is 10.6. The van der Waals surface area contributed by atoms with E-state index in [0.29, 0.717) is 5.16 Å². The molecule has 0 bridgehead atoms. The molecule has 0 aliphatic carbocycles. The van der Waals surface area contributed by atoms with Crippen molar-refractivity contribution in [2.45, 2.75) is 37.6 Å². The summed E-state index contributed by atoms with van der Waals surface area (Å²) in [5.74, 6) is -0.0433. The van der Waals surface area contributed by atoms with Gasteiger partial charge in [0.2, 0.25) is 0 Å². The molecule has 1 saturated heterocycles. The van der Waals surface area contributed by atoms with Gasteiger partial charge in [0.15, 0.2) is 5.16 Å². The summed E-state index contributed by atoms with van der Waals surface area (Å²) in [5, 5.41) is 17.4. The average molecular weight is 257 g/mol. The second-order valence-corrected chi connectivity index (χ2v) is 4.96. The van der Waals surface area contributed by atoms with Crippen molar-refractivity contribution in [2.75, 3.05) is 12.4 Å². The van der Waals surface area contributed by atoms with E-state index in [4.69, 9.17) is 9.84 Å². The fourth-order valence-electron chi connectivity index (χ4n) is 2.02. The van der Waals surface area contributed by atoms with Crippen molar-refractivity contribution in [3.63, 3.8) is 0 Å². The molecule has 0 saturated carbocycles. The van der Waals surface area contributed by atoms with E-state index >= 15 is 0 Å². The number of ether oxygens (including phenoxy) is 1. The van der Waals surface area contributed by atoms with E-state index in [2.05, 4.69) is 10.2 Å². The first-order chi connectivity index (χ1) is 8.09. The second-order valence-electron chi connectivity index (χ2n) is 4.01. The largest absolute Gasteiger partial charge is 0.481 e. The maximum Gasteiger partial charge on any atom is 0.313 e. The van der Waals surface area contributed by atoms with Crippen molar-refractivity contribution in [3.8, 4) is 0 Å². The van der Waals surface area contributed by atoms with Crippen LogP contribution in [0.3, 0.4) is 0 Å². The molecular weight excluding hydrogens is 242 g/mol. The first-order valence-corrected chi connectivity index (χ1v) is 6.46. The van der Waals surface area contributed by atoms with E-state index in [9.17, 15) is 4.79 Å². The fourth-order valence-corrected chi connectivity index (χ4v) is 2.77. The van der Waals surface area contributed by atoms with E-state index in [1.165, 1.54) is 11.8 Å². The van der Waals surface area contributed by atoms with Crippen molar-refractivity contribution in [3.05, 3.63) is 5.82 Å². The molecule has 1 N–H and O–H groups in total. The van der Waals surface area contributed by atoms with Gasteiger partial charge in [0, 0.05) is 6.61 Å². The lowest BCUT2D eigenvalue weighted by Gasteiger charge is -2.18. The van der Waals surface area contributed by atoms with Gasteiger partial charge in [0.05, 0.1) is 17.9 Å². The molecule has 0 radical (unpaired) electrons. The predicted molar refractivity (Wildman–Crippen MR) is 62.2 cm³/mol. The molecule has 2 heterocycles. The Bertz CT molecular complexity index is 421. The lowest BCUT2D eigenvalue weighted by Crippen LogP contribution is -2.19. The first kappa shape index (κ1) is 12.4. The number of carboxylic acid groups (broad SMARTS) is 1. The fraction of sp³-hybridized carbons (Fsp3) is 0.700. The highest BCUT2D eigenvalue weighted by Crippen LogP contribution is 2.30. The standard InChI is InChI=1S/C10H15N3O3S/c1-6-8(3-4-16-6)13-7(2)11-12-10(13)17-5-9(14)15/h6,8H,3-5H2,1-2H3,(H,14,15). The summed E-state index contributed by atoms with van der Waals surface area (Å²) in [6, 6.07) is 0.210. The van der Waals surface area contributed by atoms with Crippen LogP contribution in [0.15, 0.2) is 5.16 Å². The van der Waals surface area contributed by atoms with Crippen LogP contribution in [0.5, 0.6) is 0 Å². The number of rotatable bonds is 4. The number of carboxylic acids is 1. The molecule has 2 atom stereocenters. The Kier molecular flexibility index (Phi) is 3.68. The lowest BCUT2D eigenvalue weighted by atomic mass is 10.1. The number of hydrogen-bond donors (Lipinski definition) is 1. The Hall–Kier alpha value is -1.08. The van der Waals surface area contributed by atoms with Crippen LogP contribution in [-0.4, -0.2) is 44.3 Å². The molecule has 0 spiro atoms. The van der Waals surface area contributed by atoms with E-state index in [1.807, 2.05) is 18.4 Å². The molecule has 17 heavy (non-hydrogen) atoms. The highest BCUT2D eigenvalue weighted by molar-refractivity contribution is 7.99. The summed E-state index contributed by atoms with van der Waals surface area (Å²) < 4.78 is 7.51. The topological polar surface area (TPSA) is 77.2 Å². The minimum absolute atomic E-state index is 0.0000907. The molecule has 6 nitrogen and oxygen atoms in total. The molecule has 1 aromatic rings. The first-order valence-electron chi connectivity index (χ1n) is 5.47. The van der Waals surface area contributed by atoms with E-state index in [-0.39, 0.29) is 17.9 Å². The van der Waals surface area contributed by atoms with Gasteiger partial charge in [-0.25, -0.2) is 0 Å². The zero-order chi connectivity index (χ0) is 12.4. The smallest absolute Gasteiger partial charge is 0.313 e. The Labute approximate surface area is 103 Å². The second kappa shape index (κ2) is 5.05. The van der Waals surface area contributed by atoms with Crippen LogP contribution in [0.4, 0.5) is 0 Å². The third-order valence-corrected chi connectivity index (χ3v) is 3.76. The van der Waals surface area contributed by atoms with Crippen molar-refractivity contribution in [1.82, 2.24) is 14.8 Å². The maximum atomic E-state index is 10.6. The molecule has 2 unspecified atom stereocenters. The average Bonchev–Trinajstić information content (AvgIpc) is 2.82. The van der Waals surface area contributed by atoms with Crippen molar-refractivity contribution >= 4 is 17.7 Å². The van der Waals surface area contributed by atoms with Gasteiger partial charge < -0.3 is 14.4 Å². The van der Waals surface area contributed by atoms with Crippen LogP contribution in [0.25, 0.3) is 0 Å². The quantitative estimate of drug-likeness (QED) is 0.814. The van der Waals surface area contributed by atoms with Gasteiger partial charge in [-0.15, -0.1) is 10.2 Å². The van der Waals surface area contributed by atoms with Crippen molar-refractivity contribution in [2.24, 2.45) is 0 Å². The van der Waals surface area contributed by atoms with E-state index in [0.717, 1.165) is 18.9 Å². The number of aromatic nitrogens is 3. The summed E-state index contributed by atoms with van der Waals surface area (Å²) in [5.41, 5.74) is 0. The van der Waals surface area contributed by atoms with Crippen LogP contribution in [0.1, 0.15) is 25.2 Å². The van der Waals surface area contributed by atoms with Gasteiger partial charge in [0.25, 0.3) is 0 Å². The number of aliphatic carboxylic acids is 1. The van der Waals surface area contributed by atoms with E-state index in [1.54, 1.807) is 0 Å². The van der Waals surface area contributed by atoms with Crippen molar-refractivity contribution < 1.29 is 14.6 Å². The molecule has 1 fully saturated rings. The maximum absolute atomic E-state index is 10.6. The Balaban J connectivity index is 2.19. The molecule has 7 heteroatoms. The molecule has 0 amide bonds. The number of thioether (sulfide) groups is 1. The normalized spacial score (nSPS) is 24.1. The lowest BCUT2D eigenvalue weighted by molar-refractivity contribution is -0.133. The summed E-state index contributed by atoms with van der Waals surface area (Å²) in [6.45, 7) is 4.62. The van der Waals surface area contributed by atoms with Crippen LogP contribution in [0, 0.1) is 6.92 Å². The number of nitrogens with zero attached hydrogens (tertiary/aromatic N) is 3. The van der Waals surface area contributed by atoms with Gasteiger partial charge in [-0.3, -0.25) is 4.79 Å². The molecule has 1 aromatic heterocycles. The van der Waals surface area contributed by atoms with Crippen LogP contribution >= 0.6 is 11.8 Å². The molecule has 1 aliphatic rings. The summed E-state index contributed by atoms with van der Waals surface area (Å²) in [7, 11) is 0. The Morgan fingerprint density at radius 3 is 3.00 bits per heavy atom. The zero-order valence-corrected chi connectivity index (χ0v) is 10.6. The van der Waals surface area contributed by atoms with Gasteiger partial charge in [-0.1, -0.05) is 11.8 Å². The van der Waals surface area contributed by atoms with Gasteiger partial charge >= 0.3 is 5.97 Å². The molecular formula is C10H15N3O3S. The SMILES string of the molecule is Cc1nnc(SCC(=O)O)n1C1CCOC1C. The third kappa shape index (κ3) is 2.61. The van der Waals surface area contributed by atoms with Crippen LogP contribution in [-0.2, 0) is 9.53 Å². The predicted octanol–water partition coefficient (Wildman–Crippen LogP) is 1.11. The number of aryl methyl sites for hydroxylation is 1. The molecule has 0 aromatic carbocycles. The van der Waals surface area contributed by atoms with Gasteiger partial charge in [-0.05, 0) is 20.3 Å². The Morgan fingerprint density at radius 1 is 1.65 bits per heavy atom. The molecule has 94 valence electrons. The monoisotopic (exact) mass is 257 g/mol. The highest BCUT2D eigenvalue weighted by Gasteiger charge is 2.29. The van der Waals surface area contributed by atoms with Crippen LogP contribution in [0.2, 0.25) is 0 Å². The summed E-state index contributed by atoms with van der Waals surface area (Å²) >= 11 is 1.20. The molecule has 1 aliphatic heterocycles. The zero-order valence-electron chi connectivity index (χ0n) is 9.79. The third-order valence-electron chi connectivity index (χ3n) is 2.83.